The number of nitrogens with one attached hydrogen (secondary N) is 4. The summed E-state index contributed by atoms with van der Waals surface area (Å²) in [5.41, 5.74) is 6.79. The van der Waals surface area contributed by atoms with Crippen LogP contribution in [0, 0.1) is 0 Å². The smallest absolute Gasteiger partial charge is 0.252 e. The Hall–Kier alpha value is -3.80. The Morgan fingerprint density at radius 2 is 0.881 bits per heavy atom. The first kappa shape index (κ1) is 38.2. The van der Waals surface area contributed by atoms with E-state index >= 15 is 0 Å². The molecule has 0 bridgehead atoms. The Bertz CT molecular complexity index is 1020. The van der Waals surface area contributed by atoms with E-state index in [0.717, 1.165) is 57.9 Å². The molecule has 0 aromatic heterocycles. The summed E-state index contributed by atoms with van der Waals surface area (Å²) in [4.78, 5) is 46.4. The molecule has 0 heterocycles. The van der Waals surface area contributed by atoms with Gasteiger partial charge in [-0.05, 0) is 56.5 Å². The van der Waals surface area contributed by atoms with E-state index in [2.05, 4.69) is 21.3 Å². The lowest BCUT2D eigenvalue weighted by molar-refractivity contribution is 0.0923. The predicted octanol–water partition coefficient (Wildman–Crippen LogP) is 2.23. The number of nitrogens with two attached hydrogens (primary N) is 1. The average Bonchev–Trinajstić information content (AvgIpc) is 3.04. The number of benzene rings is 2. The molecule has 0 radical (unpaired) electrons. The van der Waals surface area contributed by atoms with Crippen LogP contribution in [-0.4, -0.2) is 81.3 Å². The highest BCUT2D eigenvalue weighted by molar-refractivity contribution is 6.07. The Morgan fingerprint density at radius 1 is 0.548 bits per heavy atom. The van der Waals surface area contributed by atoms with Crippen molar-refractivity contribution in [3.05, 3.63) is 70.8 Å². The summed E-state index contributed by atoms with van der Waals surface area (Å²) in [6, 6.07) is 13.4. The molecule has 2 aromatic rings. The van der Waals surface area contributed by atoms with E-state index in [4.69, 9.17) is 15.9 Å². The third-order valence-electron chi connectivity index (χ3n) is 6.00. The fourth-order valence-corrected chi connectivity index (χ4v) is 3.66. The Kier molecular flexibility index (Phi) is 22.7. The van der Waals surface area contributed by atoms with Gasteiger partial charge in [-0.1, -0.05) is 49.9 Å². The molecule has 0 aliphatic carbocycles. The molecule has 0 saturated heterocycles. The zero-order chi connectivity index (χ0) is 31.6. The van der Waals surface area contributed by atoms with Gasteiger partial charge in [0.2, 0.25) is 0 Å². The van der Waals surface area contributed by atoms with Crippen molar-refractivity contribution in [1.29, 1.82) is 0 Å². The highest BCUT2D eigenvalue weighted by atomic mass is 16.3. The van der Waals surface area contributed by atoms with Gasteiger partial charge in [0.15, 0.2) is 0 Å². The third-order valence-corrected chi connectivity index (χ3v) is 6.00. The molecule has 2 rings (SSSR count). The Morgan fingerprint density at radius 3 is 1.21 bits per heavy atom. The van der Waals surface area contributed by atoms with Crippen LogP contribution in [0.25, 0.3) is 0 Å². The standard InChI is InChI=1S/C15H22N2O3.C10H12N2O2.C6H15NO/c1-16-14(19)12-8-4-5-9-13(12)15(20)17-10-6-2-3-7-11-18;1-11-9(13)7-5-3-4-6-8(7)10(14)12-2;7-5-3-1-2-4-6-8/h4-5,8-9,18H,2-3,6-7,10-11H2,1H3,(H,16,19)(H,17,20);3-6H,1-2H3,(H,11,13)(H,12,14);8H,1-7H2. The fourth-order valence-electron chi connectivity index (χ4n) is 3.66. The number of hydrogen-bond donors (Lipinski definition) is 7. The first-order valence-corrected chi connectivity index (χ1v) is 14.4. The van der Waals surface area contributed by atoms with E-state index in [0.29, 0.717) is 35.4 Å². The van der Waals surface area contributed by atoms with Crippen molar-refractivity contribution in [3.63, 3.8) is 0 Å². The van der Waals surface area contributed by atoms with Crippen molar-refractivity contribution in [2.24, 2.45) is 5.73 Å². The van der Waals surface area contributed by atoms with Gasteiger partial charge in [-0.2, -0.15) is 0 Å². The van der Waals surface area contributed by atoms with Crippen LogP contribution < -0.4 is 27.0 Å². The number of aliphatic hydroxyl groups excluding tert-OH is 2. The SMILES string of the molecule is CNC(=O)c1ccccc1C(=O)NC.CNC(=O)c1ccccc1C(=O)NCCCCCCO.NCCCCCCO. The van der Waals surface area contributed by atoms with E-state index in [1.54, 1.807) is 48.5 Å². The van der Waals surface area contributed by atoms with E-state index in [9.17, 15) is 19.2 Å². The molecule has 0 atom stereocenters. The van der Waals surface area contributed by atoms with Crippen molar-refractivity contribution in [3.8, 4) is 0 Å². The lowest BCUT2D eigenvalue weighted by Crippen LogP contribution is -2.28. The number of carbonyl (C=O) groups is 4. The molecule has 0 saturated carbocycles. The van der Waals surface area contributed by atoms with Crippen LogP contribution in [-0.2, 0) is 0 Å². The maximum Gasteiger partial charge on any atom is 0.252 e. The maximum absolute atomic E-state index is 12.0. The first-order valence-electron chi connectivity index (χ1n) is 14.4. The summed E-state index contributed by atoms with van der Waals surface area (Å²) in [5.74, 6) is -1.02. The minimum atomic E-state index is -0.265. The molecule has 0 unspecified atom stereocenters. The van der Waals surface area contributed by atoms with Gasteiger partial charge in [-0.25, -0.2) is 0 Å². The van der Waals surface area contributed by atoms with Gasteiger partial charge in [0, 0.05) is 40.9 Å². The number of carbonyl (C=O) groups excluding carboxylic acids is 4. The molecular weight excluding hydrogens is 538 g/mol. The van der Waals surface area contributed by atoms with Crippen molar-refractivity contribution in [2.45, 2.75) is 51.4 Å². The molecule has 8 N–H and O–H groups in total. The Balaban J connectivity index is 0.000000662. The molecule has 4 amide bonds. The van der Waals surface area contributed by atoms with Crippen molar-refractivity contribution >= 4 is 23.6 Å². The fraction of sp³-hybridized carbons (Fsp3) is 0.484. The van der Waals surface area contributed by atoms with E-state index < -0.39 is 0 Å². The van der Waals surface area contributed by atoms with Crippen LogP contribution in [0.5, 0.6) is 0 Å². The molecule has 234 valence electrons. The van der Waals surface area contributed by atoms with Gasteiger partial charge in [0.25, 0.3) is 23.6 Å². The number of amides is 4. The summed E-state index contributed by atoms with van der Waals surface area (Å²) in [5, 5.41) is 27.3. The zero-order valence-corrected chi connectivity index (χ0v) is 25.2. The summed E-state index contributed by atoms with van der Waals surface area (Å²) in [6.07, 6.45) is 7.91. The minimum Gasteiger partial charge on any atom is -0.396 e. The largest absolute Gasteiger partial charge is 0.396 e. The second-order valence-corrected chi connectivity index (χ2v) is 9.15. The van der Waals surface area contributed by atoms with Crippen LogP contribution >= 0.6 is 0 Å². The zero-order valence-electron chi connectivity index (χ0n) is 25.2. The van der Waals surface area contributed by atoms with Gasteiger partial charge in [-0.3, -0.25) is 19.2 Å². The highest BCUT2D eigenvalue weighted by Crippen LogP contribution is 2.09. The molecular formula is C31H49N5O6. The van der Waals surface area contributed by atoms with Crippen LogP contribution in [0.15, 0.2) is 48.5 Å². The second-order valence-electron chi connectivity index (χ2n) is 9.15. The normalized spacial score (nSPS) is 9.76. The summed E-state index contributed by atoms with van der Waals surface area (Å²) in [6.45, 7) is 1.90. The lowest BCUT2D eigenvalue weighted by Gasteiger charge is -2.09. The minimum absolute atomic E-state index is 0.214. The van der Waals surface area contributed by atoms with E-state index in [1.807, 2.05) is 0 Å². The maximum atomic E-state index is 12.0. The average molecular weight is 588 g/mol. The Labute approximate surface area is 249 Å². The number of hydrogen-bond acceptors (Lipinski definition) is 7. The third kappa shape index (κ3) is 15.8. The van der Waals surface area contributed by atoms with Gasteiger partial charge >= 0.3 is 0 Å². The lowest BCUT2D eigenvalue weighted by atomic mass is 10.1. The van der Waals surface area contributed by atoms with Crippen molar-refractivity contribution in [2.75, 3.05) is 47.4 Å². The van der Waals surface area contributed by atoms with Gasteiger partial charge < -0.3 is 37.2 Å². The first-order chi connectivity index (χ1) is 20.3. The molecule has 2 aromatic carbocycles. The predicted molar refractivity (Wildman–Crippen MR) is 166 cm³/mol. The molecule has 0 aliphatic heterocycles. The summed E-state index contributed by atoms with van der Waals surface area (Å²) in [7, 11) is 4.60. The number of aliphatic hydroxyl groups is 2. The van der Waals surface area contributed by atoms with Gasteiger partial charge in [-0.15, -0.1) is 0 Å². The molecule has 0 aliphatic rings. The van der Waals surface area contributed by atoms with E-state index in [1.165, 1.54) is 21.1 Å². The monoisotopic (exact) mass is 587 g/mol. The van der Waals surface area contributed by atoms with Gasteiger partial charge in [0.1, 0.15) is 0 Å². The molecule has 0 spiro atoms. The van der Waals surface area contributed by atoms with Crippen LogP contribution in [0.1, 0.15) is 92.8 Å². The van der Waals surface area contributed by atoms with Crippen LogP contribution in [0.3, 0.4) is 0 Å². The summed E-state index contributed by atoms with van der Waals surface area (Å²) >= 11 is 0. The number of unbranched alkanes of at least 4 members (excludes halogenated alkanes) is 6. The highest BCUT2D eigenvalue weighted by Gasteiger charge is 2.15. The molecule has 0 fully saturated rings. The molecule has 42 heavy (non-hydrogen) atoms. The number of rotatable bonds is 15. The van der Waals surface area contributed by atoms with Crippen LogP contribution in [0.2, 0.25) is 0 Å². The molecule has 11 heteroatoms. The topological polar surface area (TPSA) is 183 Å². The summed E-state index contributed by atoms with van der Waals surface area (Å²) < 4.78 is 0. The van der Waals surface area contributed by atoms with Crippen molar-refractivity contribution < 1.29 is 29.4 Å². The van der Waals surface area contributed by atoms with Gasteiger partial charge in [0.05, 0.1) is 22.3 Å². The van der Waals surface area contributed by atoms with Crippen molar-refractivity contribution in [1.82, 2.24) is 21.3 Å². The molecule has 11 nitrogen and oxygen atoms in total. The quantitative estimate of drug-likeness (QED) is 0.156. The second kappa shape index (κ2) is 25.0. The van der Waals surface area contributed by atoms with E-state index in [-0.39, 0.29) is 30.2 Å². The van der Waals surface area contributed by atoms with Crippen LogP contribution in [0.4, 0.5) is 0 Å².